The van der Waals surface area contributed by atoms with Crippen LogP contribution in [0, 0.1) is 6.92 Å². The lowest BCUT2D eigenvalue weighted by atomic mass is 10.2. The van der Waals surface area contributed by atoms with Crippen LogP contribution >= 0.6 is 11.6 Å². The van der Waals surface area contributed by atoms with Crippen molar-refractivity contribution in [1.82, 2.24) is 5.32 Å². The quantitative estimate of drug-likeness (QED) is 0.823. The number of aryl methyl sites for hydroxylation is 1. The Morgan fingerprint density at radius 2 is 1.83 bits per heavy atom. The van der Waals surface area contributed by atoms with E-state index in [1.807, 2.05) is 38.1 Å². The molecule has 0 heterocycles. The number of hydrogen-bond acceptors (Lipinski definition) is 3. The second-order valence-electron chi connectivity index (χ2n) is 5.75. The molecule has 4 nitrogen and oxygen atoms in total. The van der Waals surface area contributed by atoms with Crippen LogP contribution in [0.1, 0.15) is 19.4 Å². The third-order valence-electron chi connectivity index (χ3n) is 3.39. The number of rotatable bonds is 7. The van der Waals surface area contributed by atoms with Gasteiger partial charge in [-0.3, -0.25) is 4.79 Å². The fraction of sp³-hybridized carbons (Fsp3) is 0.316. The summed E-state index contributed by atoms with van der Waals surface area (Å²) >= 11 is 5.90. The van der Waals surface area contributed by atoms with Gasteiger partial charge in [0, 0.05) is 5.02 Å². The Kier molecular flexibility index (Phi) is 6.50. The van der Waals surface area contributed by atoms with Gasteiger partial charge in [0.1, 0.15) is 18.1 Å². The Bertz CT molecular complexity index is 673. The number of halogens is 1. The summed E-state index contributed by atoms with van der Waals surface area (Å²) in [5.74, 6) is 1.15. The molecule has 0 spiro atoms. The van der Waals surface area contributed by atoms with Crippen LogP contribution < -0.4 is 14.8 Å². The normalized spacial score (nSPS) is 13.0. The molecule has 0 unspecified atom stereocenters. The van der Waals surface area contributed by atoms with E-state index in [9.17, 15) is 4.79 Å². The number of carbonyl (C=O) groups excluding carboxylic acids is 1. The van der Waals surface area contributed by atoms with E-state index in [0.29, 0.717) is 17.4 Å². The summed E-state index contributed by atoms with van der Waals surface area (Å²) in [6.45, 7) is 5.99. The van der Waals surface area contributed by atoms with Gasteiger partial charge in [0.15, 0.2) is 6.10 Å². The van der Waals surface area contributed by atoms with Crippen LogP contribution in [-0.4, -0.2) is 24.7 Å². The molecule has 0 aliphatic carbocycles. The molecule has 0 aliphatic heterocycles. The molecule has 2 aromatic carbocycles. The van der Waals surface area contributed by atoms with Crippen molar-refractivity contribution in [3.63, 3.8) is 0 Å². The largest absolute Gasteiger partial charge is 0.491 e. The molecule has 0 aliphatic rings. The Morgan fingerprint density at radius 3 is 2.50 bits per heavy atom. The molecule has 2 atom stereocenters. The molecule has 0 aromatic heterocycles. The van der Waals surface area contributed by atoms with Crippen LogP contribution in [0.5, 0.6) is 11.5 Å². The Labute approximate surface area is 147 Å². The molecule has 0 bridgehead atoms. The average molecular weight is 348 g/mol. The van der Waals surface area contributed by atoms with Gasteiger partial charge < -0.3 is 14.8 Å². The first kappa shape index (κ1) is 18.1. The SMILES string of the molecule is Cc1ccc(OC[C@@H](C)NC(=O)[C@H](C)Oc2cccc(Cl)c2)cc1. The lowest BCUT2D eigenvalue weighted by Crippen LogP contribution is -2.43. The molecule has 2 aromatic rings. The highest BCUT2D eigenvalue weighted by Gasteiger charge is 2.17. The first-order valence-corrected chi connectivity index (χ1v) is 8.24. The van der Waals surface area contributed by atoms with Gasteiger partial charge in [-0.2, -0.15) is 0 Å². The summed E-state index contributed by atoms with van der Waals surface area (Å²) in [4.78, 5) is 12.2. The van der Waals surface area contributed by atoms with Crippen LogP contribution in [-0.2, 0) is 4.79 Å². The second kappa shape index (κ2) is 8.60. The first-order valence-electron chi connectivity index (χ1n) is 7.86. The van der Waals surface area contributed by atoms with Crippen LogP contribution in [0.4, 0.5) is 0 Å². The highest BCUT2D eigenvalue weighted by atomic mass is 35.5. The number of hydrogen-bond donors (Lipinski definition) is 1. The fourth-order valence-electron chi connectivity index (χ4n) is 2.06. The zero-order valence-corrected chi connectivity index (χ0v) is 14.8. The number of carbonyl (C=O) groups is 1. The maximum Gasteiger partial charge on any atom is 0.261 e. The van der Waals surface area contributed by atoms with Crippen molar-refractivity contribution < 1.29 is 14.3 Å². The van der Waals surface area contributed by atoms with E-state index in [1.54, 1.807) is 31.2 Å². The monoisotopic (exact) mass is 347 g/mol. The minimum atomic E-state index is -0.620. The zero-order chi connectivity index (χ0) is 17.5. The van der Waals surface area contributed by atoms with Crippen molar-refractivity contribution in [2.45, 2.75) is 32.9 Å². The van der Waals surface area contributed by atoms with Gasteiger partial charge in [0.25, 0.3) is 5.91 Å². The highest BCUT2D eigenvalue weighted by Crippen LogP contribution is 2.18. The Hall–Kier alpha value is -2.20. The molecule has 0 saturated heterocycles. The molecule has 0 saturated carbocycles. The molecule has 2 rings (SSSR count). The summed E-state index contributed by atoms with van der Waals surface area (Å²) in [5, 5.41) is 3.44. The highest BCUT2D eigenvalue weighted by molar-refractivity contribution is 6.30. The van der Waals surface area contributed by atoms with Crippen LogP contribution in [0.25, 0.3) is 0 Å². The predicted molar refractivity (Wildman–Crippen MR) is 95.8 cm³/mol. The summed E-state index contributed by atoms with van der Waals surface area (Å²) in [5.41, 5.74) is 1.18. The van der Waals surface area contributed by atoms with E-state index >= 15 is 0 Å². The third kappa shape index (κ3) is 5.78. The van der Waals surface area contributed by atoms with Gasteiger partial charge in [0.2, 0.25) is 0 Å². The number of ether oxygens (including phenoxy) is 2. The van der Waals surface area contributed by atoms with Crippen molar-refractivity contribution in [3.8, 4) is 11.5 Å². The van der Waals surface area contributed by atoms with Gasteiger partial charge in [-0.1, -0.05) is 35.4 Å². The zero-order valence-electron chi connectivity index (χ0n) is 14.1. The van der Waals surface area contributed by atoms with E-state index in [2.05, 4.69) is 5.32 Å². The minimum Gasteiger partial charge on any atom is -0.491 e. The summed E-state index contributed by atoms with van der Waals surface area (Å²) in [6, 6.07) is 14.6. The molecule has 5 heteroatoms. The number of benzene rings is 2. The molecule has 1 amide bonds. The van der Waals surface area contributed by atoms with Crippen LogP contribution in [0.15, 0.2) is 48.5 Å². The Balaban J connectivity index is 1.78. The lowest BCUT2D eigenvalue weighted by molar-refractivity contribution is -0.128. The lowest BCUT2D eigenvalue weighted by Gasteiger charge is -2.19. The van der Waals surface area contributed by atoms with Crippen molar-refractivity contribution >= 4 is 17.5 Å². The van der Waals surface area contributed by atoms with Crippen molar-refractivity contribution in [2.24, 2.45) is 0 Å². The second-order valence-corrected chi connectivity index (χ2v) is 6.19. The molecular weight excluding hydrogens is 326 g/mol. The van der Waals surface area contributed by atoms with Crippen molar-refractivity contribution in [1.29, 1.82) is 0 Å². The van der Waals surface area contributed by atoms with Crippen molar-refractivity contribution in [3.05, 3.63) is 59.1 Å². The maximum atomic E-state index is 12.2. The number of amides is 1. The molecule has 0 radical (unpaired) electrons. The van der Waals surface area contributed by atoms with E-state index in [4.69, 9.17) is 21.1 Å². The molecular formula is C19H22ClNO3. The van der Waals surface area contributed by atoms with E-state index in [-0.39, 0.29) is 11.9 Å². The third-order valence-corrected chi connectivity index (χ3v) is 3.62. The molecule has 1 N–H and O–H groups in total. The predicted octanol–water partition coefficient (Wildman–Crippen LogP) is 4.00. The molecule has 24 heavy (non-hydrogen) atoms. The maximum absolute atomic E-state index is 12.2. The topological polar surface area (TPSA) is 47.6 Å². The summed E-state index contributed by atoms with van der Waals surface area (Å²) < 4.78 is 11.3. The average Bonchev–Trinajstić information content (AvgIpc) is 2.54. The smallest absolute Gasteiger partial charge is 0.261 e. The number of nitrogens with one attached hydrogen (secondary N) is 1. The van der Waals surface area contributed by atoms with Crippen LogP contribution in [0.3, 0.4) is 0 Å². The fourth-order valence-corrected chi connectivity index (χ4v) is 2.24. The first-order chi connectivity index (χ1) is 11.4. The van der Waals surface area contributed by atoms with Crippen molar-refractivity contribution in [2.75, 3.05) is 6.61 Å². The van der Waals surface area contributed by atoms with Gasteiger partial charge in [-0.25, -0.2) is 0 Å². The molecule has 128 valence electrons. The molecule has 0 fully saturated rings. The summed E-state index contributed by atoms with van der Waals surface area (Å²) in [6.07, 6.45) is -0.620. The van der Waals surface area contributed by atoms with Gasteiger partial charge in [-0.15, -0.1) is 0 Å². The minimum absolute atomic E-state index is 0.135. The Morgan fingerprint density at radius 1 is 1.12 bits per heavy atom. The van der Waals surface area contributed by atoms with Gasteiger partial charge in [0.05, 0.1) is 6.04 Å². The van der Waals surface area contributed by atoms with Gasteiger partial charge >= 0.3 is 0 Å². The van der Waals surface area contributed by atoms with Gasteiger partial charge in [-0.05, 0) is 51.1 Å². The van der Waals surface area contributed by atoms with Crippen LogP contribution in [0.2, 0.25) is 5.02 Å². The van der Waals surface area contributed by atoms with E-state index in [0.717, 1.165) is 5.75 Å². The van der Waals surface area contributed by atoms with E-state index in [1.165, 1.54) is 5.56 Å². The van der Waals surface area contributed by atoms with E-state index < -0.39 is 6.10 Å². The standard InChI is InChI=1S/C19H22ClNO3/c1-13-7-9-17(10-8-13)23-12-14(2)21-19(22)15(3)24-18-6-4-5-16(20)11-18/h4-11,14-15H,12H2,1-3H3,(H,21,22)/t14-,15+/m1/s1. The summed E-state index contributed by atoms with van der Waals surface area (Å²) in [7, 11) is 0.